The lowest BCUT2D eigenvalue weighted by Gasteiger charge is -2.09. The van der Waals surface area contributed by atoms with E-state index in [1.807, 2.05) is 0 Å². The van der Waals surface area contributed by atoms with Crippen molar-refractivity contribution < 1.29 is 9.31 Å². The van der Waals surface area contributed by atoms with Gasteiger partial charge in [0.05, 0.1) is 4.92 Å². The Morgan fingerprint density at radius 1 is 1.21 bits per heavy atom. The molecular formula is C9H11FN2O2. The molecule has 0 aromatic heterocycles. The first-order valence-electron chi connectivity index (χ1n) is 4.07. The number of nitro benzene ring substituents is 1. The molecule has 76 valence electrons. The molecule has 0 atom stereocenters. The molecule has 0 fully saturated rings. The van der Waals surface area contributed by atoms with Crippen LogP contribution in [0.25, 0.3) is 0 Å². The Balaban J connectivity index is 3.68. The van der Waals surface area contributed by atoms with Crippen LogP contribution in [0.2, 0.25) is 0 Å². The first kappa shape index (κ1) is 10.4. The molecule has 0 aliphatic heterocycles. The highest BCUT2D eigenvalue weighted by Crippen LogP contribution is 2.33. The molecule has 14 heavy (non-hydrogen) atoms. The van der Waals surface area contributed by atoms with Crippen molar-refractivity contribution in [3.8, 4) is 0 Å². The largest absolute Gasteiger partial charge is 0.393 e. The van der Waals surface area contributed by atoms with E-state index in [2.05, 4.69) is 0 Å². The molecule has 0 aliphatic rings. The van der Waals surface area contributed by atoms with Crippen molar-refractivity contribution in [1.82, 2.24) is 0 Å². The summed E-state index contributed by atoms with van der Waals surface area (Å²) in [7, 11) is 0. The number of halogens is 1. The summed E-state index contributed by atoms with van der Waals surface area (Å²) in [5.41, 5.74) is 5.90. The second-order valence-electron chi connectivity index (χ2n) is 3.21. The van der Waals surface area contributed by atoms with Crippen molar-refractivity contribution in [2.75, 3.05) is 5.73 Å². The van der Waals surface area contributed by atoms with Gasteiger partial charge in [-0.1, -0.05) is 0 Å². The molecule has 0 radical (unpaired) electrons. The van der Waals surface area contributed by atoms with Gasteiger partial charge in [0.2, 0.25) is 0 Å². The van der Waals surface area contributed by atoms with E-state index in [1.54, 1.807) is 0 Å². The highest BCUT2D eigenvalue weighted by Gasteiger charge is 2.23. The highest BCUT2D eigenvalue weighted by atomic mass is 19.1. The van der Waals surface area contributed by atoms with Crippen LogP contribution in [0, 0.1) is 36.7 Å². The third-order valence-electron chi connectivity index (χ3n) is 2.42. The summed E-state index contributed by atoms with van der Waals surface area (Å²) in [6.07, 6.45) is 0. The van der Waals surface area contributed by atoms with Gasteiger partial charge in [0.15, 0.2) is 0 Å². The van der Waals surface area contributed by atoms with Crippen molar-refractivity contribution in [2.45, 2.75) is 20.8 Å². The van der Waals surface area contributed by atoms with Gasteiger partial charge in [-0.15, -0.1) is 0 Å². The van der Waals surface area contributed by atoms with Gasteiger partial charge in [0.25, 0.3) is 5.69 Å². The molecule has 2 N–H and O–H groups in total. The van der Waals surface area contributed by atoms with E-state index in [1.165, 1.54) is 20.8 Å². The molecule has 0 aliphatic carbocycles. The second kappa shape index (κ2) is 3.25. The average Bonchev–Trinajstić information content (AvgIpc) is 2.11. The molecule has 0 saturated carbocycles. The Morgan fingerprint density at radius 2 is 1.71 bits per heavy atom. The van der Waals surface area contributed by atoms with Crippen LogP contribution >= 0.6 is 0 Å². The van der Waals surface area contributed by atoms with Crippen molar-refractivity contribution in [3.05, 3.63) is 32.6 Å². The van der Waals surface area contributed by atoms with Crippen molar-refractivity contribution in [2.24, 2.45) is 0 Å². The minimum Gasteiger partial charge on any atom is -0.393 e. The van der Waals surface area contributed by atoms with E-state index in [-0.39, 0.29) is 28.1 Å². The van der Waals surface area contributed by atoms with Crippen molar-refractivity contribution in [1.29, 1.82) is 0 Å². The topological polar surface area (TPSA) is 69.2 Å². The quantitative estimate of drug-likeness (QED) is 0.427. The third kappa shape index (κ3) is 1.30. The van der Waals surface area contributed by atoms with E-state index in [0.717, 1.165) is 0 Å². The summed E-state index contributed by atoms with van der Waals surface area (Å²) in [4.78, 5) is 10.1. The fourth-order valence-corrected chi connectivity index (χ4v) is 1.36. The summed E-state index contributed by atoms with van der Waals surface area (Å²) in [5.74, 6) is -0.467. The normalized spacial score (nSPS) is 10.3. The fraction of sp³-hybridized carbons (Fsp3) is 0.333. The van der Waals surface area contributed by atoms with E-state index >= 15 is 0 Å². The zero-order valence-electron chi connectivity index (χ0n) is 8.22. The first-order chi connectivity index (χ1) is 6.37. The van der Waals surface area contributed by atoms with E-state index in [4.69, 9.17) is 5.73 Å². The van der Waals surface area contributed by atoms with Crippen LogP contribution in [0.15, 0.2) is 0 Å². The van der Waals surface area contributed by atoms with E-state index in [9.17, 15) is 14.5 Å². The van der Waals surface area contributed by atoms with Crippen molar-refractivity contribution >= 4 is 11.4 Å². The highest BCUT2D eigenvalue weighted by molar-refractivity contribution is 5.68. The van der Waals surface area contributed by atoms with Crippen LogP contribution in [0.4, 0.5) is 15.8 Å². The number of nitrogens with two attached hydrogens (primary N) is 1. The molecule has 0 saturated heterocycles. The molecule has 0 amide bonds. The lowest BCUT2D eigenvalue weighted by atomic mass is 10.0. The van der Waals surface area contributed by atoms with Gasteiger partial charge >= 0.3 is 0 Å². The van der Waals surface area contributed by atoms with Gasteiger partial charge in [-0.05, 0) is 26.3 Å². The molecule has 0 unspecified atom stereocenters. The zero-order chi connectivity index (χ0) is 11.0. The van der Waals surface area contributed by atoms with Gasteiger partial charge in [0, 0.05) is 11.1 Å². The van der Waals surface area contributed by atoms with E-state index < -0.39 is 10.7 Å². The van der Waals surface area contributed by atoms with Crippen LogP contribution in [-0.4, -0.2) is 4.92 Å². The van der Waals surface area contributed by atoms with Crippen LogP contribution in [0.1, 0.15) is 16.7 Å². The minimum atomic E-state index is -0.579. The summed E-state index contributed by atoms with van der Waals surface area (Å²) in [6.45, 7) is 4.43. The summed E-state index contributed by atoms with van der Waals surface area (Å²) in [5, 5.41) is 10.7. The minimum absolute atomic E-state index is 0.0874. The number of nitro groups is 1. The summed E-state index contributed by atoms with van der Waals surface area (Å²) in [6, 6.07) is 0. The Bertz CT molecular complexity index is 387. The third-order valence-corrected chi connectivity index (χ3v) is 2.42. The molecule has 4 nitrogen and oxygen atoms in total. The predicted octanol–water partition coefficient (Wildman–Crippen LogP) is 2.24. The standard InChI is InChI=1S/C9H11FN2O2/c1-4-5(2)9(12(13)14)8(11)6(3)7(4)10/h11H2,1-3H3. The summed E-state index contributed by atoms with van der Waals surface area (Å²) >= 11 is 0. The van der Waals surface area contributed by atoms with Gasteiger partial charge in [-0.3, -0.25) is 10.1 Å². The lowest BCUT2D eigenvalue weighted by Crippen LogP contribution is -2.05. The maximum absolute atomic E-state index is 13.4. The number of anilines is 1. The Hall–Kier alpha value is -1.65. The maximum atomic E-state index is 13.4. The second-order valence-corrected chi connectivity index (χ2v) is 3.21. The zero-order valence-corrected chi connectivity index (χ0v) is 8.22. The Kier molecular flexibility index (Phi) is 2.42. The molecule has 0 spiro atoms. The number of nitrogen functional groups attached to an aromatic ring is 1. The number of hydrogen-bond acceptors (Lipinski definition) is 3. The number of nitrogens with zero attached hydrogens (tertiary/aromatic N) is 1. The molecule has 1 rings (SSSR count). The molecular weight excluding hydrogens is 187 g/mol. The maximum Gasteiger partial charge on any atom is 0.295 e. The number of rotatable bonds is 1. The van der Waals surface area contributed by atoms with Gasteiger partial charge in [-0.25, -0.2) is 4.39 Å². The van der Waals surface area contributed by atoms with E-state index in [0.29, 0.717) is 0 Å². The van der Waals surface area contributed by atoms with Gasteiger partial charge in [0.1, 0.15) is 11.5 Å². The van der Waals surface area contributed by atoms with Crippen LogP contribution in [0.5, 0.6) is 0 Å². The predicted molar refractivity (Wildman–Crippen MR) is 51.7 cm³/mol. The van der Waals surface area contributed by atoms with Crippen molar-refractivity contribution in [3.63, 3.8) is 0 Å². The van der Waals surface area contributed by atoms with Gasteiger partial charge in [-0.2, -0.15) is 0 Å². The van der Waals surface area contributed by atoms with Crippen LogP contribution in [-0.2, 0) is 0 Å². The first-order valence-corrected chi connectivity index (χ1v) is 4.07. The molecule has 1 aromatic rings. The van der Waals surface area contributed by atoms with Crippen LogP contribution in [0.3, 0.4) is 0 Å². The molecule has 0 bridgehead atoms. The fourth-order valence-electron chi connectivity index (χ4n) is 1.36. The monoisotopic (exact) mass is 198 g/mol. The summed E-state index contributed by atoms with van der Waals surface area (Å²) < 4.78 is 13.4. The SMILES string of the molecule is Cc1c(C)c([N+](=O)[O-])c(N)c(C)c1F. The smallest absolute Gasteiger partial charge is 0.295 e. The van der Waals surface area contributed by atoms with Crippen LogP contribution < -0.4 is 5.73 Å². The Morgan fingerprint density at radius 3 is 2.14 bits per heavy atom. The number of benzene rings is 1. The molecule has 5 heteroatoms. The Labute approximate surface area is 80.7 Å². The number of hydrogen-bond donors (Lipinski definition) is 1. The van der Waals surface area contributed by atoms with Gasteiger partial charge < -0.3 is 5.73 Å². The lowest BCUT2D eigenvalue weighted by molar-refractivity contribution is -0.384. The molecule has 0 heterocycles. The molecule has 1 aromatic carbocycles. The average molecular weight is 198 g/mol.